The average molecular weight is 363 g/mol. The van der Waals surface area contributed by atoms with E-state index in [1.54, 1.807) is 53.4 Å². The number of amides is 4. The highest BCUT2D eigenvalue weighted by atomic mass is 16.2. The normalized spacial score (nSPS) is 16.1. The van der Waals surface area contributed by atoms with Crippen molar-refractivity contribution in [1.82, 2.24) is 4.90 Å². The van der Waals surface area contributed by atoms with Crippen molar-refractivity contribution >= 4 is 35.0 Å². The van der Waals surface area contributed by atoms with Gasteiger partial charge in [-0.15, -0.1) is 0 Å². The zero-order chi connectivity index (χ0) is 19.0. The number of carbonyl (C=O) groups excluding carboxylic acids is 4. The summed E-state index contributed by atoms with van der Waals surface area (Å²) in [5.41, 5.74) is 1.71. The first-order chi connectivity index (χ1) is 13.1. The van der Waals surface area contributed by atoms with E-state index in [0.717, 1.165) is 11.3 Å². The lowest BCUT2D eigenvalue weighted by Gasteiger charge is -2.20. The van der Waals surface area contributed by atoms with E-state index in [-0.39, 0.29) is 12.5 Å². The predicted octanol–water partition coefficient (Wildman–Crippen LogP) is 2.05. The molecule has 0 unspecified atom stereocenters. The van der Waals surface area contributed by atoms with Crippen molar-refractivity contribution < 1.29 is 19.2 Å². The fourth-order valence-corrected chi connectivity index (χ4v) is 3.43. The Kier molecular flexibility index (Phi) is 4.19. The molecule has 27 heavy (non-hydrogen) atoms. The molecular weight excluding hydrogens is 346 g/mol. The summed E-state index contributed by atoms with van der Waals surface area (Å²) < 4.78 is 0. The highest BCUT2D eigenvalue weighted by Gasteiger charge is 2.36. The number of anilines is 2. The maximum absolute atomic E-state index is 12.5. The summed E-state index contributed by atoms with van der Waals surface area (Å²) in [4.78, 5) is 51.9. The molecule has 0 radical (unpaired) electrons. The molecule has 7 nitrogen and oxygen atoms in total. The van der Waals surface area contributed by atoms with Crippen molar-refractivity contribution in [3.63, 3.8) is 0 Å². The van der Waals surface area contributed by atoms with Crippen LogP contribution in [0, 0.1) is 0 Å². The summed E-state index contributed by atoms with van der Waals surface area (Å²) in [6.45, 7) is 0.221. The Morgan fingerprint density at radius 1 is 0.926 bits per heavy atom. The van der Waals surface area contributed by atoms with Gasteiger partial charge >= 0.3 is 0 Å². The molecule has 7 heteroatoms. The van der Waals surface area contributed by atoms with E-state index in [1.165, 1.54) is 0 Å². The van der Waals surface area contributed by atoms with Gasteiger partial charge in [-0.3, -0.25) is 24.1 Å². The first-order valence-electron chi connectivity index (χ1n) is 8.71. The lowest BCUT2D eigenvalue weighted by Crippen LogP contribution is -2.37. The second kappa shape index (κ2) is 6.68. The first-order valence-corrected chi connectivity index (χ1v) is 8.71. The quantitative estimate of drug-likeness (QED) is 0.843. The van der Waals surface area contributed by atoms with Crippen LogP contribution < -0.4 is 10.2 Å². The number of rotatable bonds is 4. The number of hydrogen-bond donors (Lipinski definition) is 1. The molecule has 0 saturated carbocycles. The minimum absolute atomic E-state index is 0.0112. The Balaban J connectivity index is 1.51. The molecule has 0 atom stereocenters. The summed E-state index contributed by atoms with van der Waals surface area (Å²) in [5.74, 6) is -1.44. The van der Waals surface area contributed by atoms with E-state index in [4.69, 9.17) is 0 Å². The second-order valence-corrected chi connectivity index (χ2v) is 6.46. The molecule has 4 rings (SSSR count). The molecule has 136 valence electrons. The minimum Gasteiger partial charge on any atom is -0.323 e. The average Bonchev–Trinajstić information content (AvgIpc) is 3.20. The highest BCUT2D eigenvalue weighted by molar-refractivity contribution is 6.22. The Morgan fingerprint density at radius 3 is 2.19 bits per heavy atom. The zero-order valence-electron chi connectivity index (χ0n) is 14.5. The van der Waals surface area contributed by atoms with Gasteiger partial charge in [0.05, 0.1) is 22.5 Å². The van der Waals surface area contributed by atoms with Gasteiger partial charge in [-0.1, -0.05) is 24.3 Å². The molecule has 4 amide bonds. The van der Waals surface area contributed by atoms with Crippen molar-refractivity contribution in [2.24, 2.45) is 0 Å². The van der Waals surface area contributed by atoms with Crippen LogP contribution in [-0.4, -0.2) is 41.6 Å². The lowest BCUT2D eigenvalue weighted by molar-refractivity contribution is -0.117. The molecule has 1 fully saturated rings. The van der Waals surface area contributed by atoms with Crippen LogP contribution in [0.15, 0.2) is 48.5 Å². The van der Waals surface area contributed by atoms with Crippen molar-refractivity contribution in [2.75, 3.05) is 23.3 Å². The number of nitrogens with one attached hydrogen (secondary N) is 1. The smallest absolute Gasteiger partial charge is 0.262 e. The van der Waals surface area contributed by atoms with Gasteiger partial charge in [-0.2, -0.15) is 0 Å². The third kappa shape index (κ3) is 2.97. The molecule has 0 aromatic heterocycles. The van der Waals surface area contributed by atoms with Crippen molar-refractivity contribution in [3.8, 4) is 0 Å². The molecule has 0 spiro atoms. The van der Waals surface area contributed by atoms with E-state index >= 15 is 0 Å². The first kappa shape index (κ1) is 17.0. The third-order valence-corrected chi connectivity index (χ3v) is 4.72. The number of carbonyl (C=O) groups is 4. The monoisotopic (exact) mass is 363 g/mol. The Labute approximate surface area is 155 Å². The molecule has 2 aliphatic heterocycles. The SMILES string of the molecule is O=C(CN1C(=O)c2ccccc2C1=O)Nc1ccccc1N1CCCC1=O. The predicted molar refractivity (Wildman–Crippen MR) is 98.5 cm³/mol. The van der Waals surface area contributed by atoms with Crippen LogP contribution in [-0.2, 0) is 9.59 Å². The van der Waals surface area contributed by atoms with Gasteiger partial charge in [0, 0.05) is 13.0 Å². The van der Waals surface area contributed by atoms with Crippen LogP contribution in [0.2, 0.25) is 0 Å². The zero-order valence-corrected chi connectivity index (χ0v) is 14.5. The van der Waals surface area contributed by atoms with E-state index in [9.17, 15) is 19.2 Å². The summed E-state index contributed by atoms with van der Waals surface area (Å²) in [5, 5.41) is 2.72. The Bertz CT molecular complexity index is 934. The fourth-order valence-electron chi connectivity index (χ4n) is 3.43. The van der Waals surface area contributed by atoms with Crippen LogP contribution >= 0.6 is 0 Å². The molecule has 1 saturated heterocycles. The standard InChI is InChI=1S/C20H17N3O4/c24-17(12-23-19(26)13-6-1-2-7-14(13)20(23)27)21-15-8-3-4-9-16(15)22-11-5-10-18(22)25/h1-4,6-9H,5,10-12H2,(H,21,24). The van der Waals surface area contributed by atoms with Gasteiger partial charge in [-0.05, 0) is 30.7 Å². The number of fused-ring (bicyclic) bond motifs is 1. The molecule has 2 aromatic rings. The molecule has 0 bridgehead atoms. The van der Waals surface area contributed by atoms with E-state index in [0.29, 0.717) is 35.5 Å². The van der Waals surface area contributed by atoms with E-state index in [2.05, 4.69) is 5.32 Å². The van der Waals surface area contributed by atoms with Crippen molar-refractivity contribution in [1.29, 1.82) is 0 Å². The number of benzene rings is 2. The van der Waals surface area contributed by atoms with Crippen LogP contribution in [0.4, 0.5) is 11.4 Å². The number of imide groups is 1. The topological polar surface area (TPSA) is 86.8 Å². The van der Waals surface area contributed by atoms with E-state index in [1.807, 2.05) is 0 Å². The van der Waals surface area contributed by atoms with Gasteiger partial charge in [0.1, 0.15) is 6.54 Å². The van der Waals surface area contributed by atoms with Crippen LogP contribution in [0.3, 0.4) is 0 Å². The summed E-state index contributed by atoms with van der Waals surface area (Å²) in [6, 6.07) is 13.5. The maximum atomic E-state index is 12.5. The van der Waals surface area contributed by atoms with Crippen molar-refractivity contribution in [2.45, 2.75) is 12.8 Å². The molecule has 2 heterocycles. The summed E-state index contributed by atoms with van der Waals surface area (Å²) >= 11 is 0. The third-order valence-electron chi connectivity index (χ3n) is 4.72. The van der Waals surface area contributed by atoms with Gasteiger partial charge in [-0.25, -0.2) is 0 Å². The molecule has 2 aromatic carbocycles. The highest BCUT2D eigenvalue weighted by Crippen LogP contribution is 2.29. The van der Waals surface area contributed by atoms with Gasteiger partial charge in [0.2, 0.25) is 11.8 Å². The largest absolute Gasteiger partial charge is 0.323 e. The Morgan fingerprint density at radius 2 is 1.56 bits per heavy atom. The maximum Gasteiger partial charge on any atom is 0.262 e. The number of hydrogen-bond acceptors (Lipinski definition) is 4. The molecular formula is C20H17N3O4. The van der Waals surface area contributed by atoms with Crippen LogP contribution in [0.5, 0.6) is 0 Å². The lowest BCUT2D eigenvalue weighted by atomic mass is 10.1. The van der Waals surface area contributed by atoms with Gasteiger partial charge < -0.3 is 10.2 Å². The van der Waals surface area contributed by atoms with E-state index < -0.39 is 17.7 Å². The van der Waals surface area contributed by atoms with Crippen molar-refractivity contribution in [3.05, 3.63) is 59.7 Å². The molecule has 0 aliphatic carbocycles. The Hall–Kier alpha value is -3.48. The van der Waals surface area contributed by atoms with Gasteiger partial charge in [0.25, 0.3) is 11.8 Å². The minimum atomic E-state index is -0.497. The summed E-state index contributed by atoms with van der Waals surface area (Å²) in [7, 11) is 0. The number of para-hydroxylation sites is 2. The fraction of sp³-hybridized carbons (Fsp3) is 0.200. The number of nitrogens with zero attached hydrogens (tertiary/aromatic N) is 2. The molecule has 1 N–H and O–H groups in total. The van der Waals surface area contributed by atoms with Gasteiger partial charge in [0.15, 0.2) is 0 Å². The summed E-state index contributed by atoms with van der Waals surface area (Å²) in [6.07, 6.45) is 1.26. The van der Waals surface area contributed by atoms with Crippen LogP contribution in [0.1, 0.15) is 33.6 Å². The van der Waals surface area contributed by atoms with Crippen LogP contribution in [0.25, 0.3) is 0 Å². The second-order valence-electron chi connectivity index (χ2n) is 6.46. The molecule has 2 aliphatic rings.